The smallest absolute Gasteiger partial charge is 0.253 e. The molecule has 0 saturated carbocycles. The second kappa shape index (κ2) is 7.11. The molecule has 1 aromatic rings. The Morgan fingerprint density at radius 2 is 1.73 bits per heavy atom. The van der Waals surface area contributed by atoms with Gasteiger partial charge in [0.2, 0.25) is 10.0 Å². The van der Waals surface area contributed by atoms with Crippen molar-refractivity contribution in [3.05, 3.63) is 28.8 Å². The molecule has 26 heavy (non-hydrogen) atoms. The maximum absolute atomic E-state index is 12.8. The lowest BCUT2D eigenvalue weighted by atomic mass is 9.79. The minimum atomic E-state index is -3.63. The number of nitrogens with one attached hydrogen (secondary N) is 1. The van der Waals surface area contributed by atoms with Crippen molar-refractivity contribution in [1.29, 1.82) is 0 Å². The number of carbonyl (C=O) groups excluding carboxylic acids is 1. The summed E-state index contributed by atoms with van der Waals surface area (Å²) < 4.78 is 25.8. The van der Waals surface area contributed by atoms with Gasteiger partial charge in [0.05, 0.1) is 26.6 Å². The first-order chi connectivity index (χ1) is 11.7. The van der Waals surface area contributed by atoms with Crippen LogP contribution in [-0.2, 0) is 10.0 Å². The van der Waals surface area contributed by atoms with E-state index in [9.17, 15) is 13.2 Å². The minimum absolute atomic E-state index is 0.00248. The predicted octanol–water partition coefficient (Wildman–Crippen LogP) is 1.60. The summed E-state index contributed by atoms with van der Waals surface area (Å²) in [6.07, 6.45) is 1.66. The molecule has 1 aliphatic heterocycles. The summed E-state index contributed by atoms with van der Waals surface area (Å²) in [6, 6.07) is 4.21. The number of benzene rings is 1. The molecule has 0 unspecified atom stereocenters. The van der Waals surface area contributed by atoms with Crippen molar-refractivity contribution in [2.24, 2.45) is 0 Å². The van der Waals surface area contributed by atoms with Crippen LogP contribution in [-0.4, -0.2) is 49.8 Å². The summed E-state index contributed by atoms with van der Waals surface area (Å²) in [5.41, 5.74) is 0.207. The number of nitrogens with two attached hydrogens (primary N) is 1. The van der Waals surface area contributed by atoms with Gasteiger partial charge < -0.3 is 10.6 Å². The molecule has 6 nitrogen and oxygen atoms in total. The second-order valence-electron chi connectivity index (χ2n) is 8.63. The van der Waals surface area contributed by atoms with Crippen LogP contribution >= 0.6 is 11.6 Å². The van der Waals surface area contributed by atoms with Crippen LogP contribution in [0.5, 0.6) is 0 Å². The summed E-state index contributed by atoms with van der Waals surface area (Å²) in [4.78, 5) is 12.8. The number of sulfonamides is 1. The Bertz CT molecular complexity index is 788. The molecule has 0 aromatic heterocycles. The number of piperidine rings is 1. The predicted molar refractivity (Wildman–Crippen MR) is 103 cm³/mol. The average molecular weight is 403 g/mol. The lowest BCUT2D eigenvalue weighted by Crippen LogP contribution is -3.06. The summed E-state index contributed by atoms with van der Waals surface area (Å²) in [6.45, 7) is 8.63. The third-order valence-corrected chi connectivity index (χ3v) is 6.76. The van der Waals surface area contributed by atoms with Crippen molar-refractivity contribution in [2.75, 3.05) is 14.1 Å². The van der Waals surface area contributed by atoms with E-state index in [1.54, 1.807) is 0 Å². The van der Waals surface area contributed by atoms with Gasteiger partial charge in [-0.05, 0) is 45.9 Å². The van der Waals surface area contributed by atoms with Gasteiger partial charge in [0.25, 0.3) is 5.91 Å². The van der Waals surface area contributed by atoms with Crippen LogP contribution in [0.4, 0.5) is 0 Å². The molecule has 0 bridgehead atoms. The number of hydrogen-bond donors (Lipinski definition) is 2. The molecular formula is C18H29ClN3O3S+. The van der Waals surface area contributed by atoms with Crippen LogP contribution in [0.2, 0.25) is 5.02 Å². The molecule has 146 valence electrons. The SMILES string of the molecule is CN(C)S(=O)(=O)c1ccc(Cl)c(C(=O)NC2CC(C)(C)[NH2+]C(C)(C)C2)c1. The van der Waals surface area contributed by atoms with E-state index in [0.717, 1.165) is 17.1 Å². The van der Waals surface area contributed by atoms with Crippen molar-refractivity contribution in [3.8, 4) is 0 Å². The average Bonchev–Trinajstić information content (AvgIpc) is 2.43. The molecule has 1 fully saturated rings. The zero-order valence-electron chi connectivity index (χ0n) is 16.3. The molecular weight excluding hydrogens is 374 g/mol. The van der Waals surface area contributed by atoms with E-state index in [2.05, 4.69) is 38.3 Å². The standard InChI is InChI=1S/C18H28ClN3O3S/c1-17(2)10-12(11-18(3,4)21-17)20-16(23)14-9-13(7-8-15(14)19)26(24,25)22(5)6/h7-9,12,21H,10-11H2,1-6H3,(H,20,23)/p+1. The van der Waals surface area contributed by atoms with Crippen LogP contribution in [0.3, 0.4) is 0 Å². The Kier molecular flexibility index (Phi) is 5.78. The molecule has 0 aliphatic carbocycles. The number of halogens is 1. The molecule has 3 N–H and O–H groups in total. The van der Waals surface area contributed by atoms with E-state index < -0.39 is 10.0 Å². The topological polar surface area (TPSA) is 83.1 Å². The van der Waals surface area contributed by atoms with Crippen LogP contribution in [0.15, 0.2) is 23.1 Å². The van der Waals surface area contributed by atoms with Gasteiger partial charge in [-0.2, -0.15) is 0 Å². The Hall–Kier alpha value is -1.15. The molecule has 1 aliphatic rings. The normalized spacial score (nSPS) is 20.2. The molecule has 2 rings (SSSR count). The molecule has 1 saturated heterocycles. The van der Waals surface area contributed by atoms with Gasteiger partial charge in [-0.3, -0.25) is 4.79 Å². The second-order valence-corrected chi connectivity index (χ2v) is 11.2. The summed E-state index contributed by atoms with van der Waals surface area (Å²) >= 11 is 6.18. The van der Waals surface area contributed by atoms with Crippen LogP contribution in [0, 0.1) is 0 Å². The fourth-order valence-corrected chi connectivity index (χ4v) is 5.06. The number of hydrogen-bond acceptors (Lipinski definition) is 3. The zero-order valence-corrected chi connectivity index (χ0v) is 17.8. The molecule has 1 heterocycles. The van der Waals surface area contributed by atoms with Crippen LogP contribution in [0.25, 0.3) is 0 Å². The quantitative estimate of drug-likeness (QED) is 0.802. The zero-order chi connectivity index (χ0) is 19.9. The number of quaternary nitrogens is 1. The van der Waals surface area contributed by atoms with Crippen molar-refractivity contribution < 1.29 is 18.5 Å². The number of amides is 1. The van der Waals surface area contributed by atoms with Crippen LogP contribution in [0.1, 0.15) is 50.9 Å². The first-order valence-electron chi connectivity index (χ1n) is 8.64. The van der Waals surface area contributed by atoms with E-state index >= 15 is 0 Å². The van der Waals surface area contributed by atoms with Gasteiger partial charge in [-0.1, -0.05) is 11.6 Å². The van der Waals surface area contributed by atoms with E-state index in [1.165, 1.54) is 32.3 Å². The highest BCUT2D eigenvalue weighted by Gasteiger charge is 2.42. The van der Waals surface area contributed by atoms with Gasteiger partial charge in [-0.15, -0.1) is 0 Å². The lowest BCUT2D eigenvalue weighted by Gasteiger charge is -2.43. The molecule has 0 atom stereocenters. The van der Waals surface area contributed by atoms with Crippen molar-refractivity contribution >= 4 is 27.5 Å². The first-order valence-corrected chi connectivity index (χ1v) is 10.5. The Morgan fingerprint density at radius 3 is 2.23 bits per heavy atom. The van der Waals surface area contributed by atoms with Crippen molar-refractivity contribution in [2.45, 2.75) is 62.6 Å². The fraction of sp³-hybridized carbons (Fsp3) is 0.611. The molecule has 0 spiro atoms. The highest BCUT2D eigenvalue weighted by atomic mass is 35.5. The van der Waals surface area contributed by atoms with Crippen molar-refractivity contribution in [3.63, 3.8) is 0 Å². The third kappa shape index (κ3) is 4.76. The van der Waals surface area contributed by atoms with E-state index in [0.29, 0.717) is 0 Å². The molecule has 1 aromatic carbocycles. The molecule has 8 heteroatoms. The highest BCUT2D eigenvalue weighted by Crippen LogP contribution is 2.25. The van der Waals surface area contributed by atoms with Gasteiger partial charge in [-0.25, -0.2) is 12.7 Å². The highest BCUT2D eigenvalue weighted by molar-refractivity contribution is 7.89. The van der Waals surface area contributed by atoms with Gasteiger partial charge in [0, 0.05) is 33.0 Å². The number of rotatable bonds is 4. The van der Waals surface area contributed by atoms with Gasteiger partial charge >= 0.3 is 0 Å². The van der Waals surface area contributed by atoms with E-state index in [4.69, 9.17) is 11.6 Å². The fourth-order valence-electron chi connectivity index (χ4n) is 3.93. The number of nitrogens with zero attached hydrogens (tertiary/aromatic N) is 1. The summed E-state index contributed by atoms with van der Waals surface area (Å²) in [7, 11) is -0.729. The lowest BCUT2D eigenvalue weighted by molar-refractivity contribution is -0.787. The Labute approximate surface area is 161 Å². The third-order valence-electron chi connectivity index (χ3n) is 4.62. The Balaban J connectivity index is 2.27. The maximum atomic E-state index is 12.8. The first kappa shape index (κ1) is 21.2. The summed E-state index contributed by atoms with van der Waals surface area (Å²) in [5, 5.41) is 5.61. The maximum Gasteiger partial charge on any atom is 0.253 e. The Morgan fingerprint density at radius 1 is 1.19 bits per heavy atom. The summed E-state index contributed by atoms with van der Waals surface area (Å²) in [5.74, 6) is -0.343. The van der Waals surface area contributed by atoms with E-state index in [1.807, 2.05) is 0 Å². The minimum Gasteiger partial charge on any atom is -0.349 e. The monoisotopic (exact) mass is 402 g/mol. The van der Waals surface area contributed by atoms with Gasteiger partial charge in [0.15, 0.2) is 0 Å². The van der Waals surface area contributed by atoms with Crippen LogP contribution < -0.4 is 10.6 Å². The van der Waals surface area contributed by atoms with Crippen molar-refractivity contribution in [1.82, 2.24) is 9.62 Å². The number of carbonyl (C=O) groups is 1. The molecule has 0 radical (unpaired) electrons. The largest absolute Gasteiger partial charge is 0.349 e. The molecule has 1 amide bonds. The van der Waals surface area contributed by atoms with E-state index in [-0.39, 0.29) is 38.5 Å². The van der Waals surface area contributed by atoms with Gasteiger partial charge in [0.1, 0.15) is 0 Å².